The average molecular weight is 288 g/mol. The zero-order valence-electron chi connectivity index (χ0n) is 12.6. The summed E-state index contributed by atoms with van der Waals surface area (Å²) >= 11 is 1.84. The first kappa shape index (κ1) is 15.1. The maximum atomic E-state index is 5.62. The quantitative estimate of drug-likeness (QED) is 0.879. The van der Waals surface area contributed by atoms with E-state index in [2.05, 4.69) is 61.5 Å². The summed E-state index contributed by atoms with van der Waals surface area (Å²) in [5, 5.41) is 2.15. The summed E-state index contributed by atoms with van der Waals surface area (Å²) in [5.41, 5.74) is 9.59. The number of rotatable bonds is 6. The van der Waals surface area contributed by atoms with Crippen LogP contribution in [0.25, 0.3) is 0 Å². The molecule has 0 amide bonds. The SMILES string of the molecule is Cc1cc(CCN)ccc1N(C)C(C)Cc1cccs1. The van der Waals surface area contributed by atoms with E-state index in [-0.39, 0.29) is 0 Å². The monoisotopic (exact) mass is 288 g/mol. The van der Waals surface area contributed by atoms with Crippen LogP contribution in [0.4, 0.5) is 5.69 Å². The van der Waals surface area contributed by atoms with Crippen LogP contribution in [0.1, 0.15) is 22.9 Å². The minimum atomic E-state index is 0.493. The van der Waals surface area contributed by atoms with Gasteiger partial charge in [0.15, 0.2) is 0 Å². The van der Waals surface area contributed by atoms with E-state index in [0.29, 0.717) is 12.6 Å². The van der Waals surface area contributed by atoms with Crippen LogP contribution in [-0.4, -0.2) is 19.6 Å². The van der Waals surface area contributed by atoms with Crippen LogP contribution < -0.4 is 10.6 Å². The van der Waals surface area contributed by atoms with E-state index in [1.54, 1.807) is 0 Å². The van der Waals surface area contributed by atoms with Gasteiger partial charge in [0.2, 0.25) is 0 Å². The summed E-state index contributed by atoms with van der Waals surface area (Å²) in [6.07, 6.45) is 2.05. The Morgan fingerprint density at radius 2 is 2.10 bits per heavy atom. The van der Waals surface area contributed by atoms with Gasteiger partial charge in [0.1, 0.15) is 0 Å². The van der Waals surface area contributed by atoms with Gasteiger partial charge in [0.05, 0.1) is 0 Å². The molecule has 0 saturated heterocycles. The normalized spacial score (nSPS) is 12.4. The predicted octanol–water partition coefficient (Wildman–Crippen LogP) is 3.63. The highest BCUT2D eigenvalue weighted by molar-refractivity contribution is 7.09. The molecule has 0 bridgehead atoms. The minimum absolute atomic E-state index is 0.493. The second kappa shape index (κ2) is 6.91. The van der Waals surface area contributed by atoms with Gasteiger partial charge in [0.25, 0.3) is 0 Å². The van der Waals surface area contributed by atoms with Gasteiger partial charge in [0, 0.05) is 30.1 Å². The third-order valence-electron chi connectivity index (χ3n) is 3.81. The molecule has 0 aliphatic heterocycles. The second-order valence-corrected chi connectivity index (χ2v) is 6.44. The first-order valence-electron chi connectivity index (χ1n) is 7.16. The van der Waals surface area contributed by atoms with Crippen molar-refractivity contribution in [2.75, 3.05) is 18.5 Å². The Labute approximate surface area is 126 Å². The van der Waals surface area contributed by atoms with Gasteiger partial charge in [-0.25, -0.2) is 0 Å². The van der Waals surface area contributed by atoms with Gasteiger partial charge >= 0.3 is 0 Å². The molecule has 2 rings (SSSR count). The lowest BCUT2D eigenvalue weighted by molar-refractivity contribution is 0.686. The van der Waals surface area contributed by atoms with Crippen LogP contribution in [-0.2, 0) is 12.8 Å². The smallest absolute Gasteiger partial charge is 0.0396 e. The van der Waals surface area contributed by atoms with Crippen molar-refractivity contribution in [3.05, 3.63) is 51.7 Å². The average Bonchev–Trinajstić information content (AvgIpc) is 2.91. The van der Waals surface area contributed by atoms with Crippen LogP contribution in [0.5, 0.6) is 0 Å². The molecule has 0 aliphatic carbocycles. The topological polar surface area (TPSA) is 29.3 Å². The lowest BCUT2D eigenvalue weighted by Crippen LogP contribution is -2.31. The van der Waals surface area contributed by atoms with Crippen molar-refractivity contribution in [1.82, 2.24) is 0 Å². The molecule has 2 N–H and O–H groups in total. The van der Waals surface area contributed by atoms with Crippen molar-refractivity contribution < 1.29 is 0 Å². The molecule has 20 heavy (non-hydrogen) atoms. The van der Waals surface area contributed by atoms with Gasteiger partial charge in [-0.2, -0.15) is 0 Å². The highest BCUT2D eigenvalue weighted by atomic mass is 32.1. The first-order chi connectivity index (χ1) is 9.61. The third kappa shape index (κ3) is 3.62. The van der Waals surface area contributed by atoms with Crippen molar-refractivity contribution in [3.8, 4) is 0 Å². The summed E-state index contributed by atoms with van der Waals surface area (Å²) in [4.78, 5) is 3.82. The fraction of sp³-hybridized carbons (Fsp3) is 0.412. The molecular weight excluding hydrogens is 264 g/mol. The highest BCUT2D eigenvalue weighted by Gasteiger charge is 2.13. The standard InChI is InChI=1S/C17H24N2S/c1-13-11-15(8-9-18)6-7-17(13)19(3)14(2)12-16-5-4-10-20-16/h4-7,10-11,14H,8-9,12,18H2,1-3H3. The van der Waals surface area contributed by atoms with Gasteiger partial charge in [-0.15, -0.1) is 11.3 Å². The number of aryl methyl sites for hydroxylation is 1. The van der Waals surface area contributed by atoms with Crippen LogP contribution in [0.3, 0.4) is 0 Å². The van der Waals surface area contributed by atoms with Crippen LogP contribution in [0.2, 0.25) is 0 Å². The molecule has 1 heterocycles. The van der Waals surface area contributed by atoms with E-state index < -0.39 is 0 Å². The van der Waals surface area contributed by atoms with E-state index in [4.69, 9.17) is 5.73 Å². The molecule has 3 heteroatoms. The van der Waals surface area contributed by atoms with E-state index in [0.717, 1.165) is 12.8 Å². The molecule has 2 nitrogen and oxygen atoms in total. The summed E-state index contributed by atoms with van der Waals surface area (Å²) in [5.74, 6) is 0. The lowest BCUT2D eigenvalue weighted by atomic mass is 10.0. The number of benzene rings is 1. The molecular formula is C17H24N2S. The zero-order chi connectivity index (χ0) is 14.5. The number of hydrogen-bond donors (Lipinski definition) is 1. The molecule has 0 aliphatic rings. The number of likely N-dealkylation sites (N-methyl/N-ethyl adjacent to an activating group) is 1. The van der Waals surface area contributed by atoms with Crippen molar-refractivity contribution in [1.29, 1.82) is 0 Å². The largest absolute Gasteiger partial charge is 0.371 e. The summed E-state index contributed by atoms with van der Waals surface area (Å²) < 4.78 is 0. The number of thiophene rings is 1. The highest BCUT2D eigenvalue weighted by Crippen LogP contribution is 2.24. The summed E-state index contributed by atoms with van der Waals surface area (Å²) in [6.45, 7) is 5.18. The molecule has 0 radical (unpaired) electrons. The van der Waals surface area contributed by atoms with E-state index in [1.807, 2.05) is 11.3 Å². The minimum Gasteiger partial charge on any atom is -0.371 e. The number of nitrogens with zero attached hydrogens (tertiary/aromatic N) is 1. The molecule has 2 aromatic rings. The maximum Gasteiger partial charge on any atom is 0.0396 e. The molecule has 0 spiro atoms. The Morgan fingerprint density at radius 3 is 2.70 bits per heavy atom. The molecule has 0 fully saturated rings. The van der Waals surface area contributed by atoms with Gasteiger partial charge in [-0.1, -0.05) is 18.2 Å². The number of nitrogens with two attached hydrogens (primary N) is 1. The molecule has 1 atom stereocenters. The molecule has 1 aromatic heterocycles. The Balaban J connectivity index is 2.09. The third-order valence-corrected chi connectivity index (χ3v) is 4.71. The van der Waals surface area contributed by atoms with Crippen molar-refractivity contribution >= 4 is 17.0 Å². The molecule has 0 saturated carbocycles. The van der Waals surface area contributed by atoms with Gasteiger partial charge in [-0.05, 0) is 55.5 Å². The van der Waals surface area contributed by atoms with Crippen molar-refractivity contribution in [2.45, 2.75) is 32.7 Å². The Bertz CT molecular complexity index is 534. The van der Waals surface area contributed by atoms with Gasteiger partial charge in [-0.3, -0.25) is 0 Å². The van der Waals surface area contributed by atoms with Crippen LogP contribution in [0, 0.1) is 6.92 Å². The molecule has 108 valence electrons. The van der Waals surface area contributed by atoms with Crippen molar-refractivity contribution in [3.63, 3.8) is 0 Å². The summed E-state index contributed by atoms with van der Waals surface area (Å²) in [6, 6.07) is 11.5. The van der Waals surface area contributed by atoms with E-state index in [9.17, 15) is 0 Å². The fourth-order valence-electron chi connectivity index (χ4n) is 2.53. The first-order valence-corrected chi connectivity index (χ1v) is 8.04. The Hall–Kier alpha value is -1.32. The molecule has 1 unspecified atom stereocenters. The lowest BCUT2D eigenvalue weighted by Gasteiger charge is -2.28. The Morgan fingerprint density at radius 1 is 1.30 bits per heavy atom. The van der Waals surface area contributed by atoms with Gasteiger partial charge < -0.3 is 10.6 Å². The fourth-order valence-corrected chi connectivity index (χ4v) is 3.36. The predicted molar refractivity (Wildman–Crippen MR) is 89.8 cm³/mol. The Kier molecular flexibility index (Phi) is 5.21. The second-order valence-electron chi connectivity index (χ2n) is 5.40. The zero-order valence-corrected chi connectivity index (χ0v) is 13.4. The van der Waals surface area contributed by atoms with E-state index in [1.165, 1.54) is 21.7 Å². The summed E-state index contributed by atoms with van der Waals surface area (Å²) in [7, 11) is 2.18. The van der Waals surface area contributed by atoms with Crippen LogP contribution in [0.15, 0.2) is 35.7 Å². The molecule has 1 aromatic carbocycles. The van der Waals surface area contributed by atoms with E-state index >= 15 is 0 Å². The number of hydrogen-bond acceptors (Lipinski definition) is 3. The van der Waals surface area contributed by atoms with Crippen LogP contribution >= 0.6 is 11.3 Å². The van der Waals surface area contributed by atoms with Crippen molar-refractivity contribution in [2.24, 2.45) is 5.73 Å². The number of anilines is 1. The maximum absolute atomic E-state index is 5.62.